The summed E-state index contributed by atoms with van der Waals surface area (Å²) >= 11 is 0. The largest absolute Gasteiger partial charge is 0.394 e. The molecule has 1 aliphatic rings. The van der Waals surface area contributed by atoms with Gasteiger partial charge in [0.15, 0.2) is 6.29 Å². The van der Waals surface area contributed by atoms with Crippen LogP contribution in [0.1, 0.15) is 309 Å². The van der Waals surface area contributed by atoms with E-state index in [0.717, 1.165) is 44.9 Å². The average Bonchev–Trinajstić information content (AvgIpc) is 3.41. The normalized spacial score (nSPS) is 19.2. The highest BCUT2D eigenvalue weighted by atomic mass is 16.7. The third kappa shape index (κ3) is 44.7. The summed E-state index contributed by atoms with van der Waals surface area (Å²) in [7, 11) is 0. The van der Waals surface area contributed by atoms with Crippen molar-refractivity contribution < 1.29 is 39.8 Å². The van der Waals surface area contributed by atoms with Gasteiger partial charge in [0.1, 0.15) is 24.4 Å². The van der Waals surface area contributed by atoms with Gasteiger partial charge in [0.05, 0.1) is 25.4 Å². The van der Waals surface area contributed by atoms with Crippen LogP contribution in [0.15, 0.2) is 48.6 Å². The first-order valence-electron chi connectivity index (χ1n) is 32.4. The average molecular weight is 1060 g/mol. The van der Waals surface area contributed by atoms with Crippen molar-refractivity contribution in [2.45, 2.75) is 352 Å². The van der Waals surface area contributed by atoms with Gasteiger partial charge in [0, 0.05) is 6.42 Å². The van der Waals surface area contributed by atoms with E-state index >= 15 is 0 Å². The van der Waals surface area contributed by atoms with E-state index in [-0.39, 0.29) is 12.5 Å². The van der Waals surface area contributed by atoms with E-state index in [1.165, 1.54) is 244 Å². The number of amides is 1. The molecule has 7 unspecified atom stereocenters. The number of carbonyl (C=O) groups is 1. The maximum absolute atomic E-state index is 13.0. The SMILES string of the molecule is CCCCCCC/C=C\C/C=C\CCCCCCCCCCCCCCCCCCCCCCCCCCCCCCCC(=O)NC(COC1OC(CO)C(O)C(O)C1O)C(O)/C=C/CC/C=C/CCCCCCC. The summed E-state index contributed by atoms with van der Waals surface area (Å²) in [5, 5.41) is 54.3. The monoisotopic (exact) mass is 1060 g/mol. The van der Waals surface area contributed by atoms with Crippen molar-refractivity contribution >= 4 is 5.91 Å². The van der Waals surface area contributed by atoms with E-state index in [1.807, 2.05) is 6.08 Å². The second-order valence-corrected chi connectivity index (χ2v) is 22.5. The second-order valence-electron chi connectivity index (χ2n) is 22.5. The van der Waals surface area contributed by atoms with E-state index in [9.17, 15) is 30.3 Å². The molecule has 1 saturated heterocycles. The van der Waals surface area contributed by atoms with Crippen molar-refractivity contribution in [3.63, 3.8) is 0 Å². The summed E-state index contributed by atoms with van der Waals surface area (Å²) in [6, 6.07) is -0.819. The zero-order valence-corrected chi connectivity index (χ0v) is 49.1. The van der Waals surface area contributed by atoms with Gasteiger partial charge in [-0.3, -0.25) is 4.79 Å². The highest BCUT2D eigenvalue weighted by Gasteiger charge is 2.44. The van der Waals surface area contributed by atoms with Crippen LogP contribution in [0.2, 0.25) is 0 Å². The third-order valence-corrected chi connectivity index (χ3v) is 15.4. The molecule has 1 aliphatic heterocycles. The van der Waals surface area contributed by atoms with Crippen LogP contribution in [0.4, 0.5) is 0 Å². The van der Waals surface area contributed by atoms with Crippen LogP contribution in [0.5, 0.6) is 0 Å². The maximum atomic E-state index is 13.0. The van der Waals surface area contributed by atoms with Gasteiger partial charge < -0.3 is 40.3 Å². The van der Waals surface area contributed by atoms with Gasteiger partial charge in [0.2, 0.25) is 5.91 Å². The number of carbonyl (C=O) groups excluding carboxylic acids is 1. The predicted molar refractivity (Wildman–Crippen MR) is 318 cm³/mol. The fourth-order valence-corrected chi connectivity index (χ4v) is 10.3. The van der Waals surface area contributed by atoms with E-state index in [2.05, 4.69) is 55.6 Å². The van der Waals surface area contributed by atoms with Gasteiger partial charge >= 0.3 is 0 Å². The molecule has 7 atom stereocenters. The van der Waals surface area contributed by atoms with Crippen LogP contribution in [0.3, 0.4) is 0 Å². The van der Waals surface area contributed by atoms with Crippen LogP contribution >= 0.6 is 0 Å². The minimum Gasteiger partial charge on any atom is -0.394 e. The van der Waals surface area contributed by atoms with E-state index < -0.39 is 49.5 Å². The Labute approximate surface area is 463 Å². The fraction of sp³-hybridized carbons (Fsp3) is 0.864. The number of aliphatic hydroxyl groups is 5. The van der Waals surface area contributed by atoms with Crippen LogP contribution in [-0.4, -0.2) is 87.5 Å². The minimum absolute atomic E-state index is 0.184. The molecule has 1 amide bonds. The highest BCUT2D eigenvalue weighted by molar-refractivity contribution is 5.76. The lowest BCUT2D eigenvalue weighted by atomic mass is 9.99. The Bertz CT molecular complexity index is 1320. The summed E-state index contributed by atoms with van der Waals surface area (Å²) in [6.07, 6.45) is 68.2. The summed E-state index contributed by atoms with van der Waals surface area (Å²) in [6.45, 7) is 3.74. The number of ether oxygens (including phenoxy) is 2. The van der Waals surface area contributed by atoms with Crippen LogP contribution in [0.25, 0.3) is 0 Å². The first-order chi connectivity index (χ1) is 36.8. The number of unbranched alkanes of at least 4 members (excludes halogenated alkanes) is 40. The van der Waals surface area contributed by atoms with E-state index in [0.29, 0.717) is 6.42 Å². The Morgan fingerprint density at radius 2 is 0.800 bits per heavy atom. The van der Waals surface area contributed by atoms with Gasteiger partial charge in [-0.15, -0.1) is 0 Å². The van der Waals surface area contributed by atoms with E-state index in [4.69, 9.17) is 9.47 Å². The summed E-state index contributed by atoms with van der Waals surface area (Å²) in [5.41, 5.74) is 0. The first kappa shape index (κ1) is 71.2. The maximum Gasteiger partial charge on any atom is 0.220 e. The molecule has 440 valence electrons. The second kappa shape index (κ2) is 55.5. The lowest BCUT2D eigenvalue weighted by molar-refractivity contribution is -0.302. The number of hydrogen-bond acceptors (Lipinski definition) is 8. The Morgan fingerprint density at radius 1 is 0.453 bits per heavy atom. The fourth-order valence-electron chi connectivity index (χ4n) is 10.3. The molecular formula is C66H123NO8. The van der Waals surface area contributed by atoms with E-state index in [1.54, 1.807) is 6.08 Å². The molecule has 1 rings (SSSR count). The minimum atomic E-state index is -1.57. The topological polar surface area (TPSA) is 149 Å². The smallest absolute Gasteiger partial charge is 0.220 e. The molecule has 0 aromatic rings. The molecule has 1 heterocycles. The Hall–Kier alpha value is -1.85. The molecule has 0 aromatic carbocycles. The van der Waals surface area contributed by atoms with Crippen molar-refractivity contribution in [2.24, 2.45) is 0 Å². The lowest BCUT2D eigenvalue weighted by Crippen LogP contribution is -2.60. The van der Waals surface area contributed by atoms with Crippen molar-refractivity contribution in [3.8, 4) is 0 Å². The van der Waals surface area contributed by atoms with Crippen LogP contribution in [-0.2, 0) is 14.3 Å². The van der Waals surface area contributed by atoms with Gasteiger partial charge in [-0.05, 0) is 64.2 Å². The molecule has 0 spiro atoms. The molecule has 0 aromatic heterocycles. The molecule has 0 aliphatic carbocycles. The summed E-state index contributed by atoms with van der Waals surface area (Å²) in [5.74, 6) is -0.184. The Balaban J connectivity index is 1.99. The molecule has 0 saturated carbocycles. The van der Waals surface area contributed by atoms with Crippen molar-refractivity contribution in [1.82, 2.24) is 5.32 Å². The summed E-state index contributed by atoms with van der Waals surface area (Å²) < 4.78 is 11.2. The quantitative estimate of drug-likeness (QED) is 0.0261. The molecule has 0 radical (unpaired) electrons. The Morgan fingerprint density at radius 3 is 1.20 bits per heavy atom. The molecule has 6 N–H and O–H groups in total. The third-order valence-electron chi connectivity index (χ3n) is 15.4. The molecule has 9 heteroatoms. The van der Waals surface area contributed by atoms with Crippen molar-refractivity contribution in [3.05, 3.63) is 48.6 Å². The number of allylic oxidation sites excluding steroid dienone is 7. The molecular weight excluding hydrogens is 935 g/mol. The highest BCUT2D eigenvalue weighted by Crippen LogP contribution is 2.23. The number of aliphatic hydroxyl groups excluding tert-OH is 5. The standard InChI is InChI=1S/C66H123NO8/c1-3-5-7-9-11-13-15-16-17-18-19-20-21-22-23-24-25-26-27-28-29-30-31-32-33-34-35-36-37-38-39-40-41-42-43-44-46-48-50-52-54-56-62(70)67-59(58-74-66-65(73)64(72)63(71)61(57-68)75-66)60(69)55-53-51-49-47-45-14-12-10-8-6-4-2/h15-16,18-19,45,47,53,55,59-61,63-66,68-69,71-73H,3-14,17,20-44,46,48-52,54,56-58H2,1-2H3,(H,67,70)/b16-15-,19-18-,47-45+,55-53+. The summed E-state index contributed by atoms with van der Waals surface area (Å²) in [4.78, 5) is 13.0. The van der Waals surface area contributed by atoms with Crippen LogP contribution < -0.4 is 5.32 Å². The van der Waals surface area contributed by atoms with Gasteiger partial charge in [-0.1, -0.05) is 287 Å². The zero-order valence-electron chi connectivity index (χ0n) is 49.1. The predicted octanol–water partition coefficient (Wildman–Crippen LogP) is 16.9. The first-order valence-corrected chi connectivity index (χ1v) is 32.4. The lowest BCUT2D eigenvalue weighted by Gasteiger charge is -2.40. The van der Waals surface area contributed by atoms with Gasteiger partial charge in [-0.2, -0.15) is 0 Å². The van der Waals surface area contributed by atoms with Gasteiger partial charge in [0.25, 0.3) is 0 Å². The molecule has 75 heavy (non-hydrogen) atoms. The molecule has 9 nitrogen and oxygen atoms in total. The molecule has 1 fully saturated rings. The number of nitrogens with one attached hydrogen (secondary N) is 1. The zero-order chi connectivity index (χ0) is 54.3. The number of hydrogen-bond donors (Lipinski definition) is 6. The Kier molecular flexibility index (Phi) is 52.6. The number of rotatable bonds is 56. The van der Waals surface area contributed by atoms with Gasteiger partial charge in [-0.25, -0.2) is 0 Å². The van der Waals surface area contributed by atoms with Crippen molar-refractivity contribution in [2.75, 3.05) is 13.2 Å². The molecule has 0 bridgehead atoms. The van der Waals surface area contributed by atoms with Crippen LogP contribution in [0, 0.1) is 0 Å². The van der Waals surface area contributed by atoms with Crippen molar-refractivity contribution in [1.29, 1.82) is 0 Å².